The Labute approximate surface area is 224 Å². The Hall–Kier alpha value is -4.52. The van der Waals surface area contributed by atoms with Gasteiger partial charge in [-0.2, -0.15) is 0 Å². The van der Waals surface area contributed by atoms with Gasteiger partial charge in [-0.3, -0.25) is 4.79 Å². The van der Waals surface area contributed by atoms with E-state index in [1.165, 1.54) is 0 Å². The number of rotatable bonds is 13. The Morgan fingerprint density at radius 1 is 0.974 bits per heavy atom. The van der Waals surface area contributed by atoms with Crippen LogP contribution in [-0.4, -0.2) is 43.7 Å². The number of nitrogens with one attached hydrogen (secondary N) is 1. The summed E-state index contributed by atoms with van der Waals surface area (Å²) in [6.07, 6.45) is 1.14. The molecule has 1 atom stereocenters. The van der Waals surface area contributed by atoms with E-state index in [1.54, 1.807) is 31.3 Å². The van der Waals surface area contributed by atoms with Gasteiger partial charge in [0.1, 0.15) is 24.1 Å². The molecule has 38 heavy (non-hydrogen) atoms. The maximum Gasteiger partial charge on any atom is 0.408 e. The molecule has 0 saturated heterocycles. The van der Waals surface area contributed by atoms with Gasteiger partial charge in [-0.1, -0.05) is 73.3 Å². The number of carbonyl (C=O) groups is 2. The zero-order chi connectivity index (χ0) is 27.3. The lowest BCUT2D eigenvalue weighted by Gasteiger charge is -2.29. The normalized spacial score (nSPS) is 11.1. The van der Waals surface area contributed by atoms with Crippen molar-refractivity contribution >= 4 is 17.6 Å². The zero-order valence-corrected chi connectivity index (χ0v) is 21.9. The quantitative estimate of drug-likeness (QED) is 0.300. The van der Waals surface area contributed by atoms with E-state index in [1.807, 2.05) is 72.8 Å². The summed E-state index contributed by atoms with van der Waals surface area (Å²) < 4.78 is 16.2. The number of ether oxygens (including phenoxy) is 3. The summed E-state index contributed by atoms with van der Waals surface area (Å²) in [5.41, 5.74) is 3.31. The maximum atomic E-state index is 13.8. The number of alkyl carbamates (subject to hydrolysis) is 1. The van der Waals surface area contributed by atoms with Crippen LogP contribution in [0.1, 0.15) is 23.1 Å². The fourth-order valence-electron chi connectivity index (χ4n) is 3.91. The lowest BCUT2D eigenvalue weighted by Crippen LogP contribution is -2.48. The highest BCUT2D eigenvalue weighted by molar-refractivity contribution is 5.87. The van der Waals surface area contributed by atoms with Crippen molar-refractivity contribution in [2.24, 2.45) is 0 Å². The fourth-order valence-corrected chi connectivity index (χ4v) is 3.91. The number of amides is 2. The summed E-state index contributed by atoms with van der Waals surface area (Å²) in [6.45, 7) is 8.55. The minimum atomic E-state index is -0.872. The van der Waals surface area contributed by atoms with Gasteiger partial charge in [-0.25, -0.2) is 4.79 Å². The van der Waals surface area contributed by atoms with Crippen molar-refractivity contribution in [2.45, 2.75) is 25.6 Å². The topological polar surface area (TPSA) is 77.1 Å². The van der Waals surface area contributed by atoms with Gasteiger partial charge in [0.2, 0.25) is 5.91 Å². The maximum absolute atomic E-state index is 13.8. The fraction of sp³-hybridized carbons (Fsp3) is 0.226. The lowest BCUT2D eigenvalue weighted by atomic mass is 10.1. The second-order valence-electron chi connectivity index (χ2n) is 8.62. The molecule has 0 aliphatic rings. The average molecular weight is 515 g/mol. The molecule has 0 aliphatic heterocycles. The van der Waals surface area contributed by atoms with Crippen LogP contribution in [0, 0.1) is 0 Å². The van der Waals surface area contributed by atoms with Crippen molar-refractivity contribution < 1.29 is 23.8 Å². The molecule has 0 bridgehead atoms. The predicted octanol–water partition coefficient (Wildman–Crippen LogP) is 5.62. The van der Waals surface area contributed by atoms with Crippen LogP contribution in [-0.2, 0) is 22.7 Å². The molecule has 3 aromatic carbocycles. The highest BCUT2D eigenvalue weighted by Gasteiger charge is 2.27. The van der Waals surface area contributed by atoms with Crippen molar-refractivity contribution in [1.82, 2.24) is 10.2 Å². The van der Waals surface area contributed by atoms with Crippen LogP contribution >= 0.6 is 0 Å². The molecule has 7 heteroatoms. The number of carbonyl (C=O) groups excluding carboxylic acids is 2. The van der Waals surface area contributed by atoms with Crippen LogP contribution in [0.15, 0.2) is 98.1 Å². The first-order chi connectivity index (χ1) is 18.4. The van der Waals surface area contributed by atoms with E-state index in [-0.39, 0.29) is 32.0 Å². The number of hydrogen-bond acceptors (Lipinski definition) is 5. The first-order valence-electron chi connectivity index (χ1n) is 12.3. The van der Waals surface area contributed by atoms with Crippen molar-refractivity contribution in [3.8, 4) is 11.5 Å². The Balaban J connectivity index is 1.82. The third-order valence-electron chi connectivity index (χ3n) is 5.94. The van der Waals surface area contributed by atoms with Crippen molar-refractivity contribution in [2.75, 3.05) is 20.8 Å². The molecule has 7 nitrogen and oxygen atoms in total. The second-order valence-corrected chi connectivity index (χ2v) is 8.62. The van der Waals surface area contributed by atoms with E-state index in [9.17, 15) is 9.59 Å². The van der Waals surface area contributed by atoms with Gasteiger partial charge in [0.05, 0.1) is 14.2 Å². The molecular weight excluding hydrogens is 480 g/mol. The minimum absolute atomic E-state index is 0.0965. The van der Waals surface area contributed by atoms with Gasteiger partial charge in [-0.05, 0) is 35.3 Å². The predicted molar refractivity (Wildman–Crippen MR) is 149 cm³/mol. The molecule has 3 aromatic rings. The lowest BCUT2D eigenvalue weighted by molar-refractivity contribution is -0.133. The Bertz CT molecular complexity index is 1230. The van der Waals surface area contributed by atoms with E-state index in [0.29, 0.717) is 11.5 Å². The highest BCUT2D eigenvalue weighted by Crippen LogP contribution is 2.27. The second kappa shape index (κ2) is 14.3. The summed E-state index contributed by atoms with van der Waals surface area (Å²) in [7, 11) is 3.15. The van der Waals surface area contributed by atoms with Gasteiger partial charge in [0, 0.05) is 24.7 Å². The van der Waals surface area contributed by atoms with Crippen molar-refractivity contribution in [1.29, 1.82) is 0 Å². The summed E-state index contributed by atoms with van der Waals surface area (Å²) in [4.78, 5) is 28.1. The van der Waals surface area contributed by atoms with Crippen molar-refractivity contribution in [3.63, 3.8) is 0 Å². The minimum Gasteiger partial charge on any atom is -0.497 e. The molecule has 0 radical (unpaired) electrons. The average Bonchev–Trinajstić information content (AvgIpc) is 2.96. The van der Waals surface area contributed by atoms with Gasteiger partial charge in [0.15, 0.2) is 0 Å². The Morgan fingerprint density at radius 3 is 2.29 bits per heavy atom. The van der Waals surface area contributed by atoms with Gasteiger partial charge in [0.25, 0.3) is 0 Å². The number of methoxy groups -OCH3 is 2. The van der Waals surface area contributed by atoms with E-state index in [2.05, 4.69) is 18.5 Å². The molecule has 2 amide bonds. The summed E-state index contributed by atoms with van der Waals surface area (Å²) in [6, 6.07) is 23.6. The largest absolute Gasteiger partial charge is 0.497 e. The van der Waals surface area contributed by atoms with Gasteiger partial charge >= 0.3 is 6.09 Å². The first kappa shape index (κ1) is 28.1. The molecule has 1 N–H and O–H groups in total. The van der Waals surface area contributed by atoms with Gasteiger partial charge in [-0.15, -0.1) is 6.58 Å². The molecular formula is C31H34N2O5. The van der Waals surface area contributed by atoms with Gasteiger partial charge < -0.3 is 24.4 Å². The Morgan fingerprint density at radius 2 is 1.66 bits per heavy atom. The summed E-state index contributed by atoms with van der Waals surface area (Å²) in [5, 5.41) is 2.71. The van der Waals surface area contributed by atoms with Crippen LogP contribution < -0.4 is 14.8 Å². The third-order valence-corrected chi connectivity index (χ3v) is 5.94. The Kier molecular flexibility index (Phi) is 10.5. The summed E-state index contributed by atoms with van der Waals surface area (Å²) >= 11 is 0. The molecule has 0 aromatic heterocycles. The van der Waals surface area contributed by atoms with E-state index in [4.69, 9.17) is 14.2 Å². The molecule has 0 aliphatic carbocycles. The van der Waals surface area contributed by atoms with E-state index in [0.717, 1.165) is 22.3 Å². The van der Waals surface area contributed by atoms with E-state index < -0.39 is 12.1 Å². The number of nitrogens with zero attached hydrogens (tertiary/aromatic N) is 1. The molecule has 0 heterocycles. The van der Waals surface area contributed by atoms with Crippen LogP contribution in [0.3, 0.4) is 0 Å². The van der Waals surface area contributed by atoms with Crippen LogP contribution in [0.2, 0.25) is 0 Å². The number of benzene rings is 3. The molecule has 0 spiro atoms. The van der Waals surface area contributed by atoms with E-state index >= 15 is 0 Å². The summed E-state index contributed by atoms with van der Waals surface area (Å²) in [5.74, 6) is 0.934. The van der Waals surface area contributed by atoms with Crippen LogP contribution in [0.25, 0.3) is 5.57 Å². The zero-order valence-electron chi connectivity index (χ0n) is 21.9. The number of hydrogen-bond donors (Lipinski definition) is 1. The monoisotopic (exact) mass is 514 g/mol. The standard InChI is InChI=1S/C31H34N2O5/c1-5-12-28(32-31(35)38-22-24-13-8-6-9-14-24)30(34)33(20-23(2)25-15-10-7-11-16-25)21-26-17-18-27(36-3)19-29(26)37-4/h5-11,13-19,28H,1-2,12,20-22H2,3-4H3,(H,32,35). The van der Waals surface area contributed by atoms with Crippen molar-refractivity contribution in [3.05, 3.63) is 115 Å². The molecule has 3 rings (SSSR count). The SMILES string of the molecule is C=CCC(NC(=O)OCc1ccccc1)C(=O)N(CC(=C)c1ccccc1)Cc1ccc(OC)cc1OC. The smallest absolute Gasteiger partial charge is 0.408 e. The molecule has 1 unspecified atom stereocenters. The molecule has 198 valence electrons. The third kappa shape index (κ3) is 8.00. The van der Waals surface area contributed by atoms with Crippen LogP contribution in [0.4, 0.5) is 4.79 Å². The molecule has 0 fully saturated rings. The van der Waals surface area contributed by atoms with Crippen LogP contribution in [0.5, 0.6) is 11.5 Å². The first-order valence-corrected chi connectivity index (χ1v) is 12.3. The highest BCUT2D eigenvalue weighted by atomic mass is 16.5. The molecule has 0 saturated carbocycles.